The lowest BCUT2D eigenvalue weighted by Gasteiger charge is -2.33. The Labute approximate surface area is 213 Å². The summed E-state index contributed by atoms with van der Waals surface area (Å²) < 4.78 is 31.4. The van der Waals surface area contributed by atoms with Gasteiger partial charge in [0.2, 0.25) is 21.8 Å². The molecule has 2 aromatic rings. The van der Waals surface area contributed by atoms with Crippen molar-refractivity contribution in [2.24, 2.45) is 0 Å². The number of carbonyl (C=O) groups is 2. The number of sulfonamides is 1. The quantitative estimate of drug-likeness (QED) is 0.456. The van der Waals surface area contributed by atoms with Gasteiger partial charge in [-0.1, -0.05) is 49.7 Å². The number of carbonyl (C=O) groups excluding carboxylic acids is 2. The predicted octanol–water partition coefficient (Wildman–Crippen LogP) is 3.84. The third kappa shape index (κ3) is 7.86. The molecule has 0 unspecified atom stereocenters. The van der Waals surface area contributed by atoms with Crippen molar-refractivity contribution < 1.29 is 22.7 Å². The van der Waals surface area contributed by atoms with Crippen LogP contribution < -0.4 is 14.4 Å². The molecule has 35 heavy (non-hydrogen) atoms. The molecule has 0 bridgehead atoms. The van der Waals surface area contributed by atoms with Crippen LogP contribution in [0.15, 0.2) is 48.5 Å². The van der Waals surface area contributed by atoms with E-state index in [0.29, 0.717) is 12.2 Å². The summed E-state index contributed by atoms with van der Waals surface area (Å²) in [5.74, 6) is -0.139. The topological polar surface area (TPSA) is 96.0 Å². The Bertz CT molecular complexity index is 1110. The number of hydrogen-bond donors (Lipinski definition) is 1. The number of nitrogens with one attached hydrogen (secondary N) is 1. The lowest BCUT2D eigenvalue weighted by Crippen LogP contribution is -2.53. The molecule has 0 aliphatic rings. The number of hydrogen-bond acceptors (Lipinski definition) is 5. The van der Waals surface area contributed by atoms with Crippen molar-refractivity contribution in [1.29, 1.82) is 0 Å². The second-order valence-electron chi connectivity index (χ2n) is 8.33. The average molecular weight is 524 g/mol. The van der Waals surface area contributed by atoms with Gasteiger partial charge in [0.25, 0.3) is 0 Å². The zero-order valence-corrected chi connectivity index (χ0v) is 22.4. The number of nitrogens with zero attached hydrogens (tertiary/aromatic N) is 2. The number of methoxy groups -OCH3 is 1. The van der Waals surface area contributed by atoms with Crippen molar-refractivity contribution in [3.8, 4) is 5.75 Å². The summed E-state index contributed by atoms with van der Waals surface area (Å²) >= 11 is 6.25. The Morgan fingerprint density at radius 2 is 1.69 bits per heavy atom. The van der Waals surface area contributed by atoms with Crippen molar-refractivity contribution in [1.82, 2.24) is 10.2 Å². The molecule has 192 valence electrons. The second kappa shape index (κ2) is 12.8. The van der Waals surface area contributed by atoms with Gasteiger partial charge < -0.3 is 15.0 Å². The molecule has 0 aromatic heterocycles. The first-order valence-electron chi connectivity index (χ1n) is 11.5. The largest absolute Gasteiger partial charge is 0.497 e. The van der Waals surface area contributed by atoms with E-state index in [9.17, 15) is 18.0 Å². The zero-order chi connectivity index (χ0) is 26.2. The Balaban J connectivity index is 2.44. The molecular weight excluding hydrogens is 490 g/mol. The standard InChI is InChI=1S/C25H34ClN3O5S/c1-6-18(3)27-25(31)22(7-2)28(16-19-12-14-20(34-4)15-13-19)24(30)17-29(35(5,32)33)23-11-9-8-10-21(23)26/h8-15,18,22H,6-7,16-17H2,1-5H3,(H,27,31)/t18-,22+/m1/s1. The summed E-state index contributed by atoms with van der Waals surface area (Å²) in [5, 5.41) is 3.14. The minimum Gasteiger partial charge on any atom is -0.497 e. The van der Waals surface area contributed by atoms with Crippen molar-refractivity contribution in [3.63, 3.8) is 0 Å². The van der Waals surface area contributed by atoms with E-state index in [1.165, 1.54) is 11.0 Å². The third-order valence-electron chi connectivity index (χ3n) is 5.70. The van der Waals surface area contributed by atoms with Gasteiger partial charge in [-0.15, -0.1) is 0 Å². The van der Waals surface area contributed by atoms with E-state index in [0.717, 1.165) is 22.5 Å². The van der Waals surface area contributed by atoms with Crippen LogP contribution in [0, 0.1) is 0 Å². The van der Waals surface area contributed by atoms with Crippen molar-refractivity contribution in [3.05, 3.63) is 59.1 Å². The van der Waals surface area contributed by atoms with E-state index in [-0.39, 0.29) is 29.2 Å². The van der Waals surface area contributed by atoms with Crippen molar-refractivity contribution in [2.45, 2.75) is 52.2 Å². The summed E-state index contributed by atoms with van der Waals surface area (Å²) in [5.41, 5.74) is 0.976. The highest BCUT2D eigenvalue weighted by molar-refractivity contribution is 7.92. The summed E-state index contributed by atoms with van der Waals surface area (Å²) in [6.45, 7) is 5.29. The maximum absolute atomic E-state index is 13.6. The molecule has 0 aliphatic carbocycles. The van der Waals surface area contributed by atoms with Gasteiger partial charge in [0, 0.05) is 12.6 Å². The third-order valence-corrected chi connectivity index (χ3v) is 7.15. The summed E-state index contributed by atoms with van der Waals surface area (Å²) in [6, 6.07) is 12.7. The molecule has 2 rings (SSSR count). The van der Waals surface area contributed by atoms with Crippen LogP contribution >= 0.6 is 11.6 Å². The summed E-state index contributed by atoms with van der Waals surface area (Å²) in [4.78, 5) is 28.2. The van der Waals surface area contributed by atoms with E-state index >= 15 is 0 Å². The van der Waals surface area contributed by atoms with E-state index in [1.54, 1.807) is 49.6 Å². The van der Waals surface area contributed by atoms with E-state index in [1.807, 2.05) is 20.8 Å². The average Bonchev–Trinajstić information content (AvgIpc) is 2.82. The Morgan fingerprint density at radius 3 is 2.20 bits per heavy atom. The highest BCUT2D eigenvalue weighted by atomic mass is 35.5. The van der Waals surface area contributed by atoms with E-state index in [4.69, 9.17) is 16.3 Å². The van der Waals surface area contributed by atoms with Gasteiger partial charge in [0.15, 0.2) is 0 Å². The van der Waals surface area contributed by atoms with Crippen LogP contribution in [-0.4, -0.2) is 57.1 Å². The number of benzene rings is 2. The normalized spacial score (nSPS) is 13.0. The fraction of sp³-hybridized carbons (Fsp3) is 0.440. The molecule has 0 heterocycles. The van der Waals surface area contributed by atoms with Crippen LogP contribution in [0.25, 0.3) is 0 Å². The van der Waals surface area contributed by atoms with Gasteiger partial charge >= 0.3 is 0 Å². The number of halogens is 1. The fourth-order valence-corrected chi connectivity index (χ4v) is 4.69. The summed E-state index contributed by atoms with van der Waals surface area (Å²) in [7, 11) is -2.28. The molecule has 0 fully saturated rings. The number of para-hydroxylation sites is 1. The first kappa shape index (κ1) is 28.5. The molecule has 0 radical (unpaired) electrons. The molecule has 1 N–H and O–H groups in total. The van der Waals surface area contributed by atoms with Crippen LogP contribution in [0.3, 0.4) is 0 Å². The van der Waals surface area contributed by atoms with Crippen LogP contribution in [0.1, 0.15) is 39.2 Å². The molecule has 10 heteroatoms. The smallest absolute Gasteiger partial charge is 0.244 e. The Kier molecular flexibility index (Phi) is 10.4. The van der Waals surface area contributed by atoms with Crippen LogP contribution in [-0.2, 0) is 26.2 Å². The molecule has 0 saturated carbocycles. The Hall–Kier alpha value is -2.78. The number of rotatable bonds is 12. The molecule has 2 amide bonds. The first-order valence-corrected chi connectivity index (χ1v) is 13.7. The molecule has 0 spiro atoms. The van der Waals surface area contributed by atoms with Gasteiger partial charge in [-0.25, -0.2) is 8.42 Å². The lowest BCUT2D eigenvalue weighted by atomic mass is 10.1. The number of ether oxygens (including phenoxy) is 1. The molecule has 2 atom stereocenters. The minimum atomic E-state index is -3.84. The lowest BCUT2D eigenvalue weighted by molar-refractivity contribution is -0.140. The van der Waals surface area contributed by atoms with Gasteiger partial charge in [-0.2, -0.15) is 0 Å². The van der Waals surface area contributed by atoms with Crippen molar-refractivity contribution >= 4 is 39.1 Å². The maximum Gasteiger partial charge on any atom is 0.244 e. The van der Waals surface area contributed by atoms with Crippen LogP contribution in [0.5, 0.6) is 5.75 Å². The van der Waals surface area contributed by atoms with Gasteiger partial charge in [0.1, 0.15) is 18.3 Å². The molecular formula is C25H34ClN3O5S. The van der Waals surface area contributed by atoms with Crippen LogP contribution in [0.4, 0.5) is 5.69 Å². The van der Waals surface area contributed by atoms with E-state index < -0.39 is 28.5 Å². The highest BCUT2D eigenvalue weighted by Gasteiger charge is 2.32. The number of anilines is 1. The van der Waals surface area contributed by atoms with Gasteiger partial charge in [0.05, 0.1) is 24.1 Å². The predicted molar refractivity (Wildman–Crippen MR) is 139 cm³/mol. The maximum atomic E-state index is 13.6. The van der Waals surface area contributed by atoms with Crippen molar-refractivity contribution in [2.75, 3.05) is 24.2 Å². The molecule has 0 aliphatic heterocycles. The van der Waals surface area contributed by atoms with Crippen LogP contribution in [0.2, 0.25) is 5.02 Å². The fourth-order valence-electron chi connectivity index (χ4n) is 3.54. The van der Waals surface area contributed by atoms with Gasteiger partial charge in [-0.3, -0.25) is 13.9 Å². The SMILES string of the molecule is CC[C@@H](C)NC(=O)[C@H](CC)N(Cc1ccc(OC)cc1)C(=O)CN(c1ccccc1Cl)S(C)(=O)=O. The Morgan fingerprint density at radius 1 is 1.06 bits per heavy atom. The molecule has 8 nitrogen and oxygen atoms in total. The number of amides is 2. The minimum absolute atomic E-state index is 0.0647. The highest BCUT2D eigenvalue weighted by Crippen LogP contribution is 2.27. The summed E-state index contributed by atoms with van der Waals surface area (Å²) in [6.07, 6.45) is 2.11. The van der Waals surface area contributed by atoms with E-state index in [2.05, 4.69) is 5.32 Å². The zero-order valence-electron chi connectivity index (χ0n) is 20.8. The monoisotopic (exact) mass is 523 g/mol. The molecule has 2 aromatic carbocycles. The second-order valence-corrected chi connectivity index (χ2v) is 10.6. The first-order chi connectivity index (χ1) is 16.5. The van der Waals surface area contributed by atoms with Gasteiger partial charge in [-0.05, 0) is 49.6 Å². The molecule has 0 saturated heterocycles.